The predicted octanol–water partition coefficient (Wildman–Crippen LogP) is 4.31. The lowest BCUT2D eigenvalue weighted by Gasteiger charge is -2.09. The third-order valence-corrected chi connectivity index (χ3v) is 3.56. The van der Waals surface area contributed by atoms with E-state index in [0.29, 0.717) is 5.02 Å². The van der Waals surface area contributed by atoms with Crippen molar-refractivity contribution in [1.82, 2.24) is 9.55 Å². The summed E-state index contributed by atoms with van der Waals surface area (Å²) < 4.78 is 26.7. The van der Waals surface area contributed by atoms with E-state index in [9.17, 15) is 8.78 Å². The summed E-state index contributed by atoms with van der Waals surface area (Å²) in [6.45, 7) is -2.38. The van der Waals surface area contributed by atoms with Crippen molar-refractivity contribution in [2.45, 2.75) is 13.1 Å². The van der Waals surface area contributed by atoms with Gasteiger partial charge in [-0.25, -0.2) is 4.98 Å². The molecule has 0 fully saturated rings. The SMILES string of the molecule is FC(F)n1ccnc1CNc1ccc(Br)c(Cl)c1. The molecule has 18 heavy (non-hydrogen) atoms. The lowest BCUT2D eigenvalue weighted by atomic mass is 10.3. The molecule has 0 radical (unpaired) electrons. The Morgan fingerprint density at radius 2 is 2.22 bits per heavy atom. The molecule has 0 atom stereocenters. The summed E-state index contributed by atoms with van der Waals surface area (Å²) in [5.74, 6) is 0.268. The van der Waals surface area contributed by atoms with Gasteiger partial charge in [0.2, 0.25) is 0 Å². The van der Waals surface area contributed by atoms with Crippen LogP contribution in [0.4, 0.5) is 14.5 Å². The molecule has 7 heteroatoms. The molecule has 2 aromatic rings. The highest BCUT2D eigenvalue weighted by atomic mass is 79.9. The summed E-state index contributed by atoms with van der Waals surface area (Å²) in [5, 5.41) is 3.54. The number of halogens is 4. The number of alkyl halides is 2. The molecular weight excluding hydrogens is 327 g/mol. The fourth-order valence-electron chi connectivity index (χ4n) is 1.45. The molecule has 0 amide bonds. The van der Waals surface area contributed by atoms with Gasteiger partial charge in [-0.3, -0.25) is 4.57 Å². The van der Waals surface area contributed by atoms with Crippen molar-refractivity contribution >= 4 is 33.2 Å². The average molecular weight is 337 g/mol. The first-order valence-corrected chi connectivity index (χ1v) is 6.24. The highest BCUT2D eigenvalue weighted by molar-refractivity contribution is 9.10. The van der Waals surface area contributed by atoms with E-state index in [1.54, 1.807) is 18.2 Å². The van der Waals surface area contributed by atoms with Gasteiger partial charge in [-0.15, -0.1) is 0 Å². The zero-order valence-electron chi connectivity index (χ0n) is 9.08. The van der Waals surface area contributed by atoms with Crippen LogP contribution in [0.2, 0.25) is 5.02 Å². The van der Waals surface area contributed by atoms with Gasteiger partial charge in [-0.05, 0) is 34.1 Å². The molecule has 0 aliphatic rings. The Labute approximate surface area is 116 Å². The van der Waals surface area contributed by atoms with E-state index in [4.69, 9.17) is 11.6 Å². The average Bonchev–Trinajstić information content (AvgIpc) is 2.79. The van der Waals surface area contributed by atoms with Gasteiger partial charge in [0.25, 0.3) is 0 Å². The van der Waals surface area contributed by atoms with E-state index < -0.39 is 6.55 Å². The summed E-state index contributed by atoms with van der Waals surface area (Å²) in [7, 11) is 0. The van der Waals surface area contributed by atoms with Crippen molar-refractivity contribution in [2.24, 2.45) is 0 Å². The molecule has 1 heterocycles. The topological polar surface area (TPSA) is 29.9 Å². The Kier molecular flexibility index (Phi) is 4.19. The van der Waals surface area contributed by atoms with Crippen LogP contribution in [0.1, 0.15) is 12.4 Å². The predicted molar refractivity (Wildman–Crippen MR) is 70.0 cm³/mol. The smallest absolute Gasteiger partial charge is 0.319 e. The summed E-state index contributed by atoms with van der Waals surface area (Å²) in [6, 6.07) is 5.29. The van der Waals surface area contributed by atoms with Crippen molar-refractivity contribution in [3.63, 3.8) is 0 Å². The first-order valence-electron chi connectivity index (χ1n) is 5.06. The fourth-order valence-corrected chi connectivity index (χ4v) is 1.87. The van der Waals surface area contributed by atoms with Crippen LogP contribution in [-0.4, -0.2) is 9.55 Å². The molecule has 1 N–H and O–H groups in total. The van der Waals surface area contributed by atoms with Crippen molar-refractivity contribution in [1.29, 1.82) is 0 Å². The van der Waals surface area contributed by atoms with Gasteiger partial charge in [0.1, 0.15) is 5.82 Å². The van der Waals surface area contributed by atoms with Gasteiger partial charge in [0.05, 0.1) is 11.6 Å². The molecule has 0 unspecified atom stereocenters. The molecule has 1 aromatic carbocycles. The van der Waals surface area contributed by atoms with Gasteiger partial charge in [0.15, 0.2) is 0 Å². The van der Waals surface area contributed by atoms with Crippen molar-refractivity contribution in [2.75, 3.05) is 5.32 Å². The maximum absolute atomic E-state index is 12.6. The summed E-state index contributed by atoms with van der Waals surface area (Å²) in [6.07, 6.45) is 2.59. The lowest BCUT2D eigenvalue weighted by molar-refractivity contribution is 0.0673. The number of aromatic nitrogens is 2. The van der Waals surface area contributed by atoms with Crippen LogP contribution in [0.3, 0.4) is 0 Å². The summed E-state index contributed by atoms with van der Waals surface area (Å²) in [4.78, 5) is 3.87. The van der Waals surface area contributed by atoms with E-state index in [1.165, 1.54) is 12.4 Å². The van der Waals surface area contributed by atoms with Crippen LogP contribution in [-0.2, 0) is 6.54 Å². The molecule has 0 bridgehead atoms. The molecule has 1 aromatic heterocycles. The maximum atomic E-state index is 12.6. The van der Waals surface area contributed by atoms with E-state index in [-0.39, 0.29) is 12.4 Å². The normalized spacial score (nSPS) is 10.9. The molecule has 2 rings (SSSR count). The second-order valence-corrected chi connectivity index (χ2v) is 4.77. The lowest BCUT2D eigenvalue weighted by Crippen LogP contribution is -2.08. The van der Waals surface area contributed by atoms with E-state index in [1.807, 2.05) is 0 Å². The number of rotatable bonds is 4. The van der Waals surface area contributed by atoms with E-state index in [0.717, 1.165) is 14.7 Å². The van der Waals surface area contributed by atoms with Gasteiger partial charge in [-0.2, -0.15) is 8.78 Å². The number of nitrogens with one attached hydrogen (secondary N) is 1. The number of hydrogen-bond donors (Lipinski definition) is 1. The summed E-state index contributed by atoms with van der Waals surface area (Å²) >= 11 is 9.20. The molecule has 0 saturated heterocycles. The van der Waals surface area contributed by atoms with Crippen LogP contribution in [0.25, 0.3) is 0 Å². The van der Waals surface area contributed by atoms with Gasteiger partial charge >= 0.3 is 6.55 Å². The number of anilines is 1. The monoisotopic (exact) mass is 335 g/mol. The number of hydrogen-bond acceptors (Lipinski definition) is 2. The second-order valence-electron chi connectivity index (χ2n) is 3.51. The number of nitrogens with zero attached hydrogens (tertiary/aromatic N) is 2. The first-order chi connectivity index (χ1) is 8.58. The highest BCUT2D eigenvalue weighted by Crippen LogP contribution is 2.25. The first kappa shape index (κ1) is 13.3. The molecule has 0 aliphatic heterocycles. The largest absolute Gasteiger partial charge is 0.378 e. The van der Waals surface area contributed by atoms with Crippen LogP contribution in [0, 0.1) is 0 Å². The van der Waals surface area contributed by atoms with Crippen molar-refractivity contribution in [3.05, 3.63) is 45.9 Å². The molecule has 96 valence electrons. The Balaban J connectivity index is 2.07. The van der Waals surface area contributed by atoms with Crippen LogP contribution >= 0.6 is 27.5 Å². The van der Waals surface area contributed by atoms with Gasteiger partial charge < -0.3 is 5.32 Å². The van der Waals surface area contributed by atoms with Crippen LogP contribution in [0.15, 0.2) is 35.1 Å². The number of benzene rings is 1. The molecule has 0 saturated carbocycles. The third-order valence-electron chi connectivity index (χ3n) is 2.33. The van der Waals surface area contributed by atoms with Gasteiger partial charge in [-0.1, -0.05) is 11.6 Å². The maximum Gasteiger partial charge on any atom is 0.319 e. The second kappa shape index (κ2) is 5.67. The minimum absolute atomic E-state index is 0.204. The minimum atomic E-state index is -2.59. The Morgan fingerprint density at radius 3 is 2.89 bits per heavy atom. The summed E-state index contributed by atoms with van der Waals surface area (Å²) in [5.41, 5.74) is 0.743. The minimum Gasteiger partial charge on any atom is -0.378 e. The van der Waals surface area contributed by atoms with E-state index >= 15 is 0 Å². The Hall–Kier alpha value is -1.14. The zero-order valence-corrected chi connectivity index (χ0v) is 11.4. The molecular formula is C11H9BrClF2N3. The fraction of sp³-hybridized carbons (Fsp3) is 0.182. The van der Waals surface area contributed by atoms with Crippen LogP contribution < -0.4 is 5.32 Å². The van der Waals surface area contributed by atoms with E-state index in [2.05, 4.69) is 26.2 Å². The Bertz CT molecular complexity index is 545. The molecule has 0 aliphatic carbocycles. The quantitative estimate of drug-likeness (QED) is 0.902. The third kappa shape index (κ3) is 3.00. The van der Waals surface area contributed by atoms with Gasteiger partial charge in [0, 0.05) is 22.6 Å². The highest BCUT2D eigenvalue weighted by Gasteiger charge is 2.10. The van der Waals surface area contributed by atoms with Crippen molar-refractivity contribution < 1.29 is 8.78 Å². The standard InChI is InChI=1S/C11H9BrClF2N3/c12-8-2-1-7(5-9(8)13)17-6-10-16-3-4-18(10)11(14)15/h1-5,11,17H,6H2. The molecule has 0 spiro atoms. The number of imidazole rings is 1. The Morgan fingerprint density at radius 1 is 1.44 bits per heavy atom. The van der Waals surface area contributed by atoms with Crippen LogP contribution in [0.5, 0.6) is 0 Å². The van der Waals surface area contributed by atoms with Crippen molar-refractivity contribution in [3.8, 4) is 0 Å². The zero-order chi connectivity index (χ0) is 13.1. The molecule has 3 nitrogen and oxygen atoms in total.